The van der Waals surface area contributed by atoms with Crippen LogP contribution in [0.2, 0.25) is 0 Å². The Morgan fingerprint density at radius 2 is 2.17 bits per heavy atom. The third-order valence-corrected chi connectivity index (χ3v) is 2.42. The predicted octanol–water partition coefficient (Wildman–Crippen LogP) is 0.340. The minimum absolute atomic E-state index is 0.331. The zero-order valence-electron chi connectivity index (χ0n) is 6.09. The molecule has 2 heterocycles. The highest BCUT2D eigenvalue weighted by atomic mass is 32.2. The highest BCUT2D eigenvalue weighted by molar-refractivity contribution is 8.02. The summed E-state index contributed by atoms with van der Waals surface area (Å²) in [5.74, 6) is 0.422. The van der Waals surface area contributed by atoms with Crippen LogP contribution in [0.5, 0.6) is 0 Å². The van der Waals surface area contributed by atoms with Crippen LogP contribution in [0.1, 0.15) is 0 Å². The lowest BCUT2D eigenvalue weighted by Gasteiger charge is -1.96. The van der Waals surface area contributed by atoms with Gasteiger partial charge < -0.3 is 5.32 Å². The van der Waals surface area contributed by atoms with Gasteiger partial charge in [0.1, 0.15) is 5.70 Å². The Labute approximate surface area is 73.1 Å². The monoisotopic (exact) mass is 182 g/mol. The molecule has 0 spiro atoms. The maximum absolute atomic E-state index is 11.1. The van der Waals surface area contributed by atoms with Crippen LogP contribution in [0.15, 0.2) is 22.8 Å². The molecule has 1 fully saturated rings. The minimum Gasteiger partial charge on any atom is -0.303 e. The SMILES string of the molecule is O=C1NC(=O)/C(=C2\C=CSC2)N1. The summed E-state index contributed by atoms with van der Waals surface area (Å²) in [5, 5.41) is 6.52. The molecule has 2 aliphatic heterocycles. The number of hydrogen-bond donors (Lipinski definition) is 2. The van der Waals surface area contributed by atoms with Gasteiger partial charge in [-0.15, -0.1) is 11.8 Å². The maximum Gasteiger partial charge on any atom is 0.326 e. The third kappa shape index (κ3) is 1.12. The largest absolute Gasteiger partial charge is 0.326 e. The van der Waals surface area contributed by atoms with Gasteiger partial charge in [-0.1, -0.05) is 0 Å². The second-order valence-corrected chi connectivity index (χ2v) is 3.32. The number of imide groups is 1. The van der Waals surface area contributed by atoms with Crippen molar-refractivity contribution in [2.75, 3.05) is 5.75 Å². The Balaban J connectivity index is 2.34. The molecule has 62 valence electrons. The van der Waals surface area contributed by atoms with E-state index in [2.05, 4.69) is 10.6 Å². The van der Waals surface area contributed by atoms with E-state index >= 15 is 0 Å². The van der Waals surface area contributed by atoms with E-state index in [0.29, 0.717) is 5.70 Å². The van der Waals surface area contributed by atoms with Crippen LogP contribution in [-0.2, 0) is 4.79 Å². The molecule has 0 aromatic heterocycles. The number of thioether (sulfide) groups is 1. The van der Waals surface area contributed by atoms with E-state index in [1.54, 1.807) is 11.8 Å². The van der Waals surface area contributed by atoms with Crippen LogP contribution in [-0.4, -0.2) is 17.7 Å². The number of carbonyl (C=O) groups excluding carboxylic acids is 2. The zero-order chi connectivity index (χ0) is 8.55. The first-order chi connectivity index (χ1) is 5.77. The van der Waals surface area contributed by atoms with E-state index in [9.17, 15) is 9.59 Å². The van der Waals surface area contributed by atoms with Crippen molar-refractivity contribution in [2.24, 2.45) is 0 Å². The molecular formula is C7H6N2O2S. The number of carbonyl (C=O) groups is 2. The number of urea groups is 1. The fourth-order valence-electron chi connectivity index (χ4n) is 1.07. The molecule has 0 aromatic carbocycles. The summed E-state index contributed by atoms with van der Waals surface area (Å²) in [4.78, 5) is 21.8. The molecule has 4 nitrogen and oxygen atoms in total. The summed E-state index contributed by atoms with van der Waals surface area (Å²) in [5.41, 5.74) is 1.27. The number of nitrogens with one attached hydrogen (secondary N) is 2. The summed E-state index contributed by atoms with van der Waals surface area (Å²) in [6.45, 7) is 0. The van der Waals surface area contributed by atoms with Gasteiger partial charge in [0.25, 0.3) is 5.91 Å². The number of amides is 3. The van der Waals surface area contributed by atoms with Gasteiger partial charge in [0.05, 0.1) is 0 Å². The van der Waals surface area contributed by atoms with Crippen molar-refractivity contribution in [2.45, 2.75) is 0 Å². The van der Waals surface area contributed by atoms with Crippen LogP contribution in [0.25, 0.3) is 0 Å². The first-order valence-corrected chi connectivity index (χ1v) is 4.46. The van der Waals surface area contributed by atoms with Crippen molar-refractivity contribution >= 4 is 23.7 Å². The van der Waals surface area contributed by atoms with E-state index in [1.165, 1.54) is 0 Å². The van der Waals surface area contributed by atoms with Crippen molar-refractivity contribution in [3.63, 3.8) is 0 Å². The molecule has 2 aliphatic rings. The Morgan fingerprint density at radius 1 is 1.33 bits per heavy atom. The molecular weight excluding hydrogens is 176 g/mol. The Morgan fingerprint density at radius 3 is 2.67 bits per heavy atom. The molecule has 2 rings (SSSR count). The molecule has 0 aliphatic carbocycles. The van der Waals surface area contributed by atoms with E-state index in [-0.39, 0.29) is 5.91 Å². The molecule has 3 amide bonds. The summed E-state index contributed by atoms with van der Waals surface area (Å²) in [6, 6.07) is -0.437. The average Bonchev–Trinajstić information content (AvgIpc) is 2.58. The van der Waals surface area contributed by atoms with Gasteiger partial charge in [-0.25, -0.2) is 4.79 Å². The second-order valence-electron chi connectivity index (χ2n) is 2.42. The van der Waals surface area contributed by atoms with Crippen molar-refractivity contribution < 1.29 is 9.59 Å². The predicted molar refractivity (Wildman–Crippen MR) is 45.3 cm³/mol. The molecule has 0 saturated carbocycles. The molecule has 0 bridgehead atoms. The smallest absolute Gasteiger partial charge is 0.303 e. The van der Waals surface area contributed by atoms with Gasteiger partial charge in [-0.3, -0.25) is 10.1 Å². The Kier molecular flexibility index (Phi) is 1.65. The fourth-order valence-corrected chi connectivity index (χ4v) is 1.84. The van der Waals surface area contributed by atoms with Crippen molar-refractivity contribution in [1.82, 2.24) is 10.6 Å². The highest BCUT2D eigenvalue weighted by Gasteiger charge is 2.26. The summed E-state index contributed by atoms with van der Waals surface area (Å²) in [6.07, 6.45) is 1.84. The van der Waals surface area contributed by atoms with Crippen molar-refractivity contribution in [3.8, 4) is 0 Å². The van der Waals surface area contributed by atoms with Gasteiger partial charge in [-0.2, -0.15) is 0 Å². The molecule has 0 radical (unpaired) electrons. The molecule has 2 N–H and O–H groups in total. The second kappa shape index (κ2) is 2.67. The van der Waals surface area contributed by atoms with Crippen molar-refractivity contribution in [1.29, 1.82) is 0 Å². The first-order valence-electron chi connectivity index (χ1n) is 3.41. The fraction of sp³-hybridized carbons (Fsp3) is 0.143. The quantitative estimate of drug-likeness (QED) is 0.419. The number of allylic oxidation sites excluding steroid dienone is 1. The normalized spacial score (nSPS) is 27.7. The Bertz CT molecular complexity index is 319. The van der Waals surface area contributed by atoms with E-state index in [0.717, 1.165) is 11.3 Å². The van der Waals surface area contributed by atoms with E-state index in [1.807, 2.05) is 11.5 Å². The van der Waals surface area contributed by atoms with Gasteiger partial charge in [0.2, 0.25) is 0 Å². The summed E-state index contributed by atoms with van der Waals surface area (Å²) < 4.78 is 0. The standard InChI is InChI=1S/C7H6N2O2S/c10-6-5(8-7(11)9-6)4-1-2-12-3-4/h1-2H,3H2,(H2,8,9,10,11)/b5-4-. The van der Waals surface area contributed by atoms with Gasteiger partial charge in [0, 0.05) is 5.75 Å². The zero-order valence-corrected chi connectivity index (χ0v) is 6.90. The molecule has 0 aromatic rings. The van der Waals surface area contributed by atoms with Gasteiger partial charge in [-0.05, 0) is 17.1 Å². The molecule has 1 saturated heterocycles. The molecule has 12 heavy (non-hydrogen) atoms. The summed E-state index contributed by atoms with van der Waals surface area (Å²) >= 11 is 1.60. The number of hydrogen-bond acceptors (Lipinski definition) is 3. The molecule has 5 heteroatoms. The Hall–Kier alpha value is -1.23. The molecule has 0 unspecified atom stereocenters. The lowest BCUT2D eigenvalue weighted by Crippen LogP contribution is -2.22. The lowest BCUT2D eigenvalue weighted by atomic mass is 10.2. The van der Waals surface area contributed by atoms with Gasteiger partial charge >= 0.3 is 6.03 Å². The minimum atomic E-state index is -0.437. The van der Waals surface area contributed by atoms with Crippen LogP contribution in [0.4, 0.5) is 4.79 Å². The average molecular weight is 182 g/mol. The lowest BCUT2D eigenvalue weighted by molar-refractivity contribution is -0.115. The van der Waals surface area contributed by atoms with Crippen LogP contribution in [0.3, 0.4) is 0 Å². The molecule has 0 atom stereocenters. The maximum atomic E-state index is 11.1. The van der Waals surface area contributed by atoms with Crippen LogP contribution in [0, 0.1) is 0 Å². The van der Waals surface area contributed by atoms with Crippen molar-refractivity contribution in [3.05, 3.63) is 22.8 Å². The first kappa shape index (κ1) is 7.42. The van der Waals surface area contributed by atoms with E-state index < -0.39 is 6.03 Å². The van der Waals surface area contributed by atoms with Gasteiger partial charge in [0.15, 0.2) is 0 Å². The van der Waals surface area contributed by atoms with Crippen LogP contribution < -0.4 is 10.6 Å². The number of rotatable bonds is 0. The van der Waals surface area contributed by atoms with E-state index in [4.69, 9.17) is 0 Å². The van der Waals surface area contributed by atoms with Crippen LogP contribution >= 0.6 is 11.8 Å². The summed E-state index contributed by atoms with van der Waals surface area (Å²) in [7, 11) is 0. The third-order valence-electron chi connectivity index (χ3n) is 1.62. The highest BCUT2D eigenvalue weighted by Crippen LogP contribution is 2.22. The topological polar surface area (TPSA) is 58.2 Å².